The molecule has 8 heteroatoms. The van der Waals surface area contributed by atoms with Crippen LogP contribution in [0.2, 0.25) is 0 Å². The molecule has 25 heavy (non-hydrogen) atoms. The van der Waals surface area contributed by atoms with Crippen molar-refractivity contribution in [3.05, 3.63) is 26.6 Å². The molecule has 1 aliphatic heterocycles. The summed E-state index contributed by atoms with van der Waals surface area (Å²) in [6, 6.07) is 0. The van der Waals surface area contributed by atoms with Gasteiger partial charge in [0.2, 0.25) is 5.91 Å². The van der Waals surface area contributed by atoms with Crippen LogP contribution in [0, 0.1) is 19.8 Å². The number of carbonyl (C=O) groups is 2. The quantitative estimate of drug-likeness (QED) is 0.863. The van der Waals surface area contributed by atoms with Crippen molar-refractivity contribution in [3.63, 3.8) is 0 Å². The molecule has 0 saturated carbocycles. The molecule has 0 bridgehead atoms. The second-order valence-corrected chi connectivity index (χ2v) is 7.70. The van der Waals surface area contributed by atoms with Gasteiger partial charge in [-0.15, -0.1) is 11.3 Å². The van der Waals surface area contributed by atoms with E-state index in [-0.39, 0.29) is 24.4 Å². The lowest BCUT2D eigenvalue weighted by Crippen LogP contribution is -2.42. The van der Waals surface area contributed by atoms with Crippen molar-refractivity contribution in [3.8, 4) is 0 Å². The van der Waals surface area contributed by atoms with Gasteiger partial charge in [0, 0.05) is 30.8 Å². The van der Waals surface area contributed by atoms with Crippen LogP contribution in [0.3, 0.4) is 0 Å². The predicted molar refractivity (Wildman–Crippen MR) is 95.0 cm³/mol. The van der Waals surface area contributed by atoms with Gasteiger partial charge < -0.3 is 15.0 Å². The number of aromatic nitrogens is 2. The minimum Gasteiger partial charge on any atom is -0.481 e. The molecule has 1 atom stereocenters. The van der Waals surface area contributed by atoms with E-state index in [0.29, 0.717) is 41.8 Å². The van der Waals surface area contributed by atoms with Crippen LogP contribution in [-0.4, -0.2) is 44.9 Å². The fraction of sp³-hybridized carbons (Fsp3) is 0.529. The smallest absolute Gasteiger partial charge is 0.308 e. The number of piperidine rings is 1. The van der Waals surface area contributed by atoms with Gasteiger partial charge in [-0.1, -0.05) is 0 Å². The third-order valence-electron chi connectivity index (χ3n) is 4.79. The van der Waals surface area contributed by atoms with E-state index >= 15 is 0 Å². The maximum atomic E-state index is 12.4. The van der Waals surface area contributed by atoms with Gasteiger partial charge in [0.1, 0.15) is 10.7 Å². The number of nitrogens with zero attached hydrogens (tertiary/aromatic N) is 2. The van der Waals surface area contributed by atoms with Gasteiger partial charge >= 0.3 is 5.97 Å². The molecule has 1 fully saturated rings. The molecule has 7 nitrogen and oxygen atoms in total. The van der Waals surface area contributed by atoms with Gasteiger partial charge in [0.15, 0.2) is 0 Å². The zero-order valence-electron chi connectivity index (χ0n) is 14.3. The highest BCUT2D eigenvalue weighted by Gasteiger charge is 2.27. The first kappa shape index (κ1) is 17.6. The Morgan fingerprint density at radius 3 is 2.88 bits per heavy atom. The standard InChI is InChI=1S/C17H21N3O4S/c1-9-10(2)25-16-14(9)15(22)18-12(19-16)5-6-13(21)20-7-3-4-11(8-20)17(23)24/h11H,3-8H2,1-2H3,(H,23,24)(H,18,19,22)/t11-/m0/s1. The summed E-state index contributed by atoms with van der Waals surface area (Å²) in [5, 5.41) is 9.74. The third kappa shape index (κ3) is 3.58. The average molecular weight is 363 g/mol. The number of thiophene rings is 1. The number of hydrogen-bond donors (Lipinski definition) is 2. The fourth-order valence-corrected chi connectivity index (χ4v) is 4.26. The molecule has 0 aliphatic carbocycles. The molecule has 1 saturated heterocycles. The van der Waals surface area contributed by atoms with Crippen molar-refractivity contribution >= 4 is 33.4 Å². The molecule has 2 N–H and O–H groups in total. The number of aromatic amines is 1. The van der Waals surface area contributed by atoms with Gasteiger partial charge in [-0.2, -0.15) is 0 Å². The summed E-state index contributed by atoms with van der Waals surface area (Å²) >= 11 is 1.48. The van der Waals surface area contributed by atoms with E-state index in [0.717, 1.165) is 10.4 Å². The molecule has 2 aromatic heterocycles. The van der Waals surface area contributed by atoms with Crippen molar-refractivity contribution < 1.29 is 14.7 Å². The van der Waals surface area contributed by atoms with Crippen LogP contribution in [0.4, 0.5) is 0 Å². The van der Waals surface area contributed by atoms with Crippen LogP contribution in [0.25, 0.3) is 10.2 Å². The van der Waals surface area contributed by atoms with Gasteiger partial charge in [0.05, 0.1) is 11.3 Å². The zero-order chi connectivity index (χ0) is 18.1. The van der Waals surface area contributed by atoms with E-state index in [2.05, 4.69) is 9.97 Å². The topological polar surface area (TPSA) is 103 Å². The Bertz CT molecular complexity index is 886. The van der Waals surface area contributed by atoms with Crippen molar-refractivity contribution in [1.29, 1.82) is 0 Å². The van der Waals surface area contributed by atoms with Crippen LogP contribution in [0.15, 0.2) is 4.79 Å². The number of amides is 1. The van der Waals surface area contributed by atoms with Crippen LogP contribution in [0.5, 0.6) is 0 Å². The number of hydrogen-bond acceptors (Lipinski definition) is 5. The summed E-state index contributed by atoms with van der Waals surface area (Å²) in [7, 11) is 0. The molecular formula is C17H21N3O4S. The predicted octanol–water partition coefficient (Wildman–Crippen LogP) is 1.86. The first-order valence-electron chi connectivity index (χ1n) is 8.36. The summed E-state index contributed by atoms with van der Waals surface area (Å²) in [6.45, 7) is 4.72. The number of carboxylic acids is 1. The molecule has 3 heterocycles. The molecule has 1 amide bonds. The number of likely N-dealkylation sites (tertiary alicyclic amines) is 1. The number of rotatable bonds is 4. The Kier molecular flexibility index (Phi) is 4.89. The summed E-state index contributed by atoms with van der Waals surface area (Å²) in [4.78, 5) is 46.3. The van der Waals surface area contributed by atoms with Gasteiger partial charge in [-0.25, -0.2) is 4.98 Å². The van der Waals surface area contributed by atoms with E-state index < -0.39 is 11.9 Å². The summed E-state index contributed by atoms with van der Waals surface area (Å²) < 4.78 is 0. The number of aryl methyl sites for hydroxylation is 3. The second kappa shape index (κ2) is 6.95. The first-order valence-corrected chi connectivity index (χ1v) is 9.18. The van der Waals surface area contributed by atoms with Crippen molar-refractivity contribution in [2.75, 3.05) is 13.1 Å². The molecular weight excluding hydrogens is 342 g/mol. The molecule has 1 aliphatic rings. The Morgan fingerprint density at radius 2 is 2.16 bits per heavy atom. The highest BCUT2D eigenvalue weighted by atomic mass is 32.1. The Balaban J connectivity index is 1.69. The monoisotopic (exact) mass is 363 g/mol. The number of fused-ring (bicyclic) bond motifs is 1. The molecule has 0 aromatic carbocycles. The van der Waals surface area contributed by atoms with Crippen molar-refractivity contribution in [2.45, 2.75) is 39.5 Å². The Hall–Kier alpha value is -2.22. The minimum absolute atomic E-state index is 0.0905. The average Bonchev–Trinajstić information content (AvgIpc) is 2.87. The third-order valence-corrected chi connectivity index (χ3v) is 5.89. The lowest BCUT2D eigenvalue weighted by Gasteiger charge is -2.30. The lowest BCUT2D eigenvalue weighted by molar-refractivity contribution is -0.145. The molecule has 0 spiro atoms. The second-order valence-electron chi connectivity index (χ2n) is 6.49. The van der Waals surface area contributed by atoms with Crippen LogP contribution >= 0.6 is 11.3 Å². The van der Waals surface area contributed by atoms with Crippen LogP contribution in [-0.2, 0) is 16.0 Å². The number of nitrogens with one attached hydrogen (secondary N) is 1. The summed E-state index contributed by atoms with van der Waals surface area (Å²) in [5.41, 5.74) is 0.780. The van der Waals surface area contributed by atoms with E-state index in [9.17, 15) is 14.4 Å². The molecule has 3 rings (SSSR count). The SMILES string of the molecule is Cc1sc2nc(CCC(=O)N3CCC[C@H](C(=O)O)C3)[nH]c(=O)c2c1C. The van der Waals surface area contributed by atoms with Gasteiger partial charge in [-0.05, 0) is 32.3 Å². The largest absolute Gasteiger partial charge is 0.481 e. The molecule has 0 radical (unpaired) electrons. The number of H-pyrrole nitrogens is 1. The lowest BCUT2D eigenvalue weighted by atomic mass is 9.98. The van der Waals surface area contributed by atoms with E-state index in [1.807, 2.05) is 13.8 Å². The normalized spacial score (nSPS) is 17.8. The van der Waals surface area contributed by atoms with Crippen LogP contribution < -0.4 is 5.56 Å². The highest BCUT2D eigenvalue weighted by Crippen LogP contribution is 2.25. The van der Waals surface area contributed by atoms with Crippen LogP contribution in [0.1, 0.15) is 35.5 Å². The number of carboxylic acid groups (broad SMARTS) is 1. The molecule has 0 unspecified atom stereocenters. The van der Waals surface area contributed by atoms with Gasteiger partial charge in [0.25, 0.3) is 5.56 Å². The number of carbonyl (C=O) groups excluding carboxylic acids is 1. The zero-order valence-corrected chi connectivity index (χ0v) is 15.1. The first-order chi connectivity index (χ1) is 11.9. The maximum absolute atomic E-state index is 12.4. The molecule has 2 aromatic rings. The number of aliphatic carboxylic acids is 1. The maximum Gasteiger partial charge on any atom is 0.308 e. The Labute approximate surface area is 148 Å². The highest BCUT2D eigenvalue weighted by molar-refractivity contribution is 7.18. The van der Waals surface area contributed by atoms with E-state index in [1.54, 1.807) is 4.90 Å². The summed E-state index contributed by atoms with van der Waals surface area (Å²) in [5.74, 6) is -0.924. The molecule has 134 valence electrons. The Morgan fingerprint density at radius 1 is 1.40 bits per heavy atom. The van der Waals surface area contributed by atoms with Gasteiger partial charge in [-0.3, -0.25) is 14.4 Å². The van der Waals surface area contributed by atoms with E-state index in [4.69, 9.17) is 5.11 Å². The summed E-state index contributed by atoms with van der Waals surface area (Å²) in [6.07, 6.45) is 1.87. The van der Waals surface area contributed by atoms with E-state index in [1.165, 1.54) is 11.3 Å². The minimum atomic E-state index is -0.850. The van der Waals surface area contributed by atoms with Crippen molar-refractivity contribution in [1.82, 2.24) is 14.9 Å². The van der Waals surface area contributed by atoms with Crippen molar-refractivity contribution in [2.24, 2.45) is 5.92 Å². The fourth-order valence-electron chi connectivity index (χ4n) is 3.21.